The highest BCUT2D eigenvalue weighted by atomic mass is 16.5. The van der Waals surface area contributed by atoms with Crippen LogP contribution in [-0.2, 0) is 11.2 Å². The Morgan fingerprint density at radius 3 is 3.00 bits per heavy atom. The number of nitrogens with zero attached hydrogens (tertiary/aromatic N) is 1. The van der Waals surface area contributed by atoms with Crippen LogP contribution in [0.4, 0.5) is 0 Å². The number of aryl methyl sites for hydroxylation is 1. The van der Waals surface area contributed by atoms with Crippen molar-refractivity contribution in [1.82, 2.24) is 4.90 Å². The third-order valence-corrected chi connectivity index (χ3v) is 3.98. The molecule has 1 aliphatic rings. The molecule has 0 bridgehead atoms. The fourth-order valence-corrected chi connectivity index (χ4v) is 2.96. The van der Waals surface area contributed by atoms with Crippen LogP contribution in [0.25, 0.3) is 0 Å². The van der Waals surface area contributed by atoms with Crippen LogP contribution in [0.15, 0.2) is 16.5 Å². The van der Waals surface area contributed by atoms with Gasteiger partial charge in [-0.2, -0.15) is 0 Å². The zero-order valence-corrected chi connectivity index (χ0v) is 12.1. The molecule has 2 atom stereocenters. The van der Waals surface area contributed by atoms with E-state index >= 15 is 0 Å². The largest absolute Gasteiger partial charge is 0.464 e. The van der Waals surface area contributed by atoms with Crippen LogP contribution in [0.5, 0.6) is 0 Å². The van der Waals surface area contributed by atoms with Gasteiger partial charge in [0.25, 0.3) is 0 Å². The molecular weight excluding hydrogens is 240 g/mol. The summed E-state index contributed by atoms with van der Waals surface area (Å²) in [5.41, 5.74) is 5.97. The lowest BCUT2D eigenvalue weighted by Gasteiger charge is -2.36. The molecule has 19 heavy (non-hydrogen) atoms. The zero-order chi connectivity index (χ0) is 13.7. The van der Waals surface area contributed by atoms with E-state index in [4.69, 9.17) is 14.9 Å². The summed E-state index contributed by atoms with van der Waals surface area (Å²) in [6, 6.07) is 4.35. The van der Waals surface area contributed by atoms with Crippen LogP contribution in [0.1, 0.15) is 37.3 Å². The van der Waals surface area contributed by atoms with Crippen molar-refractivity contribution in [2.45, 2.75) is 32.2 Å². The van der Waals surface area contributed by atoms with Crippen LogP contribution in [-0.4, -0.2) is 38.3 Å². The maximum Gasteiger partial charge on any atom is 0.122 e. The summed E-state index contributed by atoms with van der Waals surface area (Å²) in [5, 5.41) is 0. The number of hydrogen-bond acceptors (Lipinski definition) is 4. The number of hydrogen-bond donors (Lipinski definition) is 1. The van der Waals surface area contributed by atoms with Gasteiger partial charge in [-0.05, 0) is 37.4 Å². The molecule has 0 saturated carbocycles. The predicted octanol–water partition coefficient (Wildman–Crippen LogP) is 2.20. The number of likely N-dealkylation sites (tertiary alicyclic amines) is 1. The first-order valence-electron chi connectivity index (χ1n) is 7.30. The molecule has 4 heteroatoms. The van der Waals surface area contributed by atoms with Gasteiger partial charge in [0, 0.05) is 26.6 Å². The molecule has 2 heterocycles. The Kier molecular flexibility index (Phi) is 5.43. The first kappa shape index (κ1) is 14.6. The van der Waals surface area contributed by atoms with E-state index in [-0.39, 0.29) is 6.04 Å². The summed E-state index contributed by atoms with van der Waals surface area (Å²) in [6.07, 6.45) is 3.40. The number of ether oxygens (including phenoxy) is 1. The second-order valence-electron chi connectivity index (χ2n) is 5.37. The number of nitrogens with two attached hydrogens (primary N) is 1. The summed E-state index contributed by atoms with van der Waals surface area (Å²) in [5.74, 6) is 2.67. The minimum Gasteiger partial charge on any atom is -0.464 e. The third-order valence-electron chi connectivity index (χ3n) is 3.98. The van der Waals surface area contributed by atoms with Gasteiger partial charge in [0.2, 0.25) is 0 Å². The normalized spacial score (nSPS) is 22.6. The lowest BCUT2D eigenvalue weighted by Crippen LogP contribution is -2.42. The third kappa shape index (κ3) is 3.59. The van der Waals surface area contributed by atoms with Gasteiger partial charge in [0.1, 0.15) is 11.5 Å². The topological polar surface area (TPSA) is 51.6 Å². The molecule has 2 unspecified atom stereocenters. The fraction of sp³-hybridized carbons (Fsp3) is 0.733. The highest BCUT2D eigenvalue weighted by Gasteiger charge is 2.27. The average Bonchev–Trinajstić information content (AvgIpc) is 2.89. The van der Waals surface area contributed by atoms with Crippen molar-refractivity contribution in [3.05, 3.63) is 23.7 Å². The Labute approximate surface area is 115 Å². The van der Waals surface area contributed by atoms with Gasteiger partial charge in [-0.3, -0.25) is 4.90 Å². The van der Waals surface area contributed by atoms with E-state index < -0.39 is 0 Å². The SMILES string of the molecule is CCc1ccc(C(CN)N2CCCC(COC)C2)o1. The molecule has 0 aromatic carbocycles. The quantitative estimate of drug-likeness (QED) is 0.857. The average molecular weight is 266 g/mol. The molecule has 0 aliphatic carbocycles. The van der Waals surface area contributed by atoms with Gasteiger partial charge in [0.05, 0.1) is 12.6 Å². The minimum atomic E-state index is 0.208. The maximum absolute atomic E-state index is 5.97. The molecule has 2 rings (SSSR count). The second kappa shape index (κ2) is 7.08. The van der Waals surface area contributed by atoms with E-state index in [9.17, 15) is 0 Å². The Morgan fingerprint density at radius 1 is 1.53 bits per heavy atom. The van der Waals surface area contributed by atoms with Crippen molar-refractivity contribution < 1.29 is 9.15 Å². The summed E-state index contributed by atoms with van der Waals surface area (Å²) in [7, 11) is 1.78. The molecule has 0 amide bonds. The van der Waals surface area contributed by atoms with Crippen molar-refractivity contribution in [2.75, 3.05) is 33.4 Å². The first-order valence-corrected chi connectivity index (χ1v) is 7.30. The Morgan fingerprint density at radius 2 is 2.37 bits per heavy atom. The molecule has 1 saturated heterocycles. The minimum absolute atomic E-state index is 0.208. The van der Waals surface area contributed by atoms with Crippen LogP contribution in [0, 0.1) is 5.92 Å². The summed E-state index contributed by atoms with van der Waals surface area (Å²) in [6.45, 7) is 5.71. The van der Waals surface area contributed by atoms with E-state index in [1.54, 1.807) is 7.11 Å². The monoisotopic (exact) mass is 266 g/mol. The number of methoxy groups -OCH3 is 1. The highest BCUT2D eigenvalue weighted by molar-refractivity contribution is 5.11. The van der Waals surface area contributed by atoms with Crippen molar-refractivity contribution in [3.8, 4) is 0 Å². The molecule has 1 aromatic rings. The molecule has 108 valence electrons. The van der Waals surface area contributed by atoms with Gasteiger partial charge in [-0.15, -0.1) is 0 Å². The van der Waals surface area contributed by atoms with Gasteiger partial charge < -0.3 is 14.9 Å². The summed E-state index contributed by atoms with van der Waals surface area (Å²) < 4.78 is 11.2. The van der Waals surface area contributed by atoms with Crippen molar-refractivity contribution >= 4 is 0 Å². The molecule has 4 nitrogen and oxygen atoms in total. The molecule has 0 spiro atoms. The number of piperidine rings is 1. The molecule has 2 N–H and O–H groups in total. The van der Waals surface area contributed by atoms with Crippen LogP contribution < -0.4 is 5.73 Å². The van der Waals surface area contributed by atoms with Crippen molar-refractivity contribution in [2.24, 2.45) is 11.7 Å². The number of furan rings is 1. The van der Waals surface area contributed by atoms with E-state index in [1.165, 1.54) is 12.8 Å². The van der Waals surface area contributed by atoms with E-state index in [2.05, 4.69) is 24.0 Å². The Bertz CT molecular complexity index is 376. The first-order chi connectivity index (χ1) is 9.28. The van der Waals surface area contributed by atoms with Gasteiger partial charge in [-0.25, -0.2) is 0 Å². The molecule has 1 fully saturated rings. The lowest BCUT2D eigenvalue weighted by atomic mass is 9.97. The van der Waals surface area contributed by atoms with E-state index in [1.807, 2.05) is 0 Å². The standard InChI is InChI=1S/C15H26N2O2/c1-3-13-6-7-15(19-13)14(9-16)17-8-4-5-12(10-17)11-18-2/h6-7,12,14H,3-5,8-11,16H2,1-2H3. The summed E-state index contributed by atoms with van der Waals surface area (Å²) in [4.78, 5) is 2.45. The molecule has 1 aliphatic heterocycles. The van der Waals surface area contributed by atoms with Crippen molar-refractivity contribution in [3.63, 3.8) is 0 Å². The van der Waals surface area contributed by atoms with Crippen LogP contribution >= 0.6 is 0 Å². The molecule has 0 radical (unpaired) electrons. The van der Waals surface area contributed by atoms with Crippen LogP contribution in [0.3, 0.4) is 0 Å². The Balaban J connectivity index is 2.03. The van der Waals surface area contributed by atoms with Crippen molar-refractivity contribution in [1.29, 1.82) is 0 Å². The smallest absolute Gasteiger partial charge is 0.122 e. The van der Waals surface area contributed by atoms with Crippen LogP contribution in [0.2, 0.25) is 0 Å². The number of rotatable bonds is 6. The highest BCUT2D eigenvalue weighted by Crippen LogP contribution is 2.27. The van der Waals surface area contributed by atoms with Gasteiger partial charge in [0.15, 0.2) is 0 Å². The molecule has 1 aromatic heterocycles. The predicted molar refractivity (Wildman–Crippen MR) is 76.1 cm³/mol. The second-order valence-corrected chi connectivity index (χ2v) is 5.37. The van der Waals surface area contributed by atoms with E-state index in [0.717, 1.165) is 37.6 Å². The fourth-order valence-electron chi connectivity index (χ4n) is 2.96. The Hall–Kier alpha value is -0.840. The zero-order valence-electron chi connectivity index (χ0n) is 12.1. The molecular formula is C15H26N2O2. The lowest BCUT2D eigenvalue weighted by molar-refractivity contribution is 0.0636. The maximum atomic E-state index is 5.97. The summed E-state index contributed by atoms with van der Waals surface area (Å²) >= 11 is 0. The van der Waals surface area contributed by atoms with Gasteiger partial charge >= 0.3 is 0 Å². The van der Waals surface area contributed by atoms with E-state index in [0.29, 0.717) is 12.5 Å². The van der Waals surface area contributed by atoms with Gasteiger partial charge in [-0.1, -0.05) is 6.92 Å².